The van der Waals surface area contributed by atoms with Crippen molar-refractivity contribution in [3.8, 4) is 5.75 Å². The van der Waals surface area contributed by atoms with Crippen LogP contribution in [0.4, 0.5) is 13.2 Å². The van der Waals surface area contributed by atoms with Crippen molar-refractivity contribution in [1.82, 2.24) is 5.32 Å². The van der Waals surface area contributed by atoms with E-state index < -0.39 is 18.0 Å². The molecule has 0 atom stereocenters. The summed E-state index contributed by atoms with van der Waals surface area (Å²) in [4.78, 5) is 11.3. The van der Waals surface area contributed by atoms with Crippen molar-refractivity contribution in [2.75, 3.05) is 7.05 Å². The van der Waals surface area contributed by atoms with E-state index in [9.17, 15) is 18.0 Å². The summed E-state index contributed by atoms with van der Waals surface area (Å²) >= 11 is 0. The fourth-order valence-corrected chi connectivity index (χ4v) is 1.20. The summed E-state index contributed by atoms with van der Waals surface area (Å²) in [5.74, 6) is -1.20. The highest BCUT2D eigenvalue weighted by molar-refractivity contribution is 5.97. The molecule has 0 unspecified atom stereocenters. The van der Waals surface area contributed by atoms with Gasteiger partial charge >= 0.3 is 6.36 Å². The van der Waals surface area contributed by atoms with E-state index in [2.05, 4.69) is 16.6 Å². The summed E-state index contributed by atoms with van der Waals surface area (Å²) in [5.41, 5.74) is 0.243. The van der Waals surface area contributed by atoms with E-state index in [0.29, 0.717) is 5.56 Å². The minimum Gasteiger partial charge on any atom is -0.405 e. The fraction of sp³-hybridized carbons (Fsp3) is 0.182. The molecule has 1 amide bonds. The number of hydrogen-bond donors (Lipinski definition) is 1. The predicted molar refractivity (Wildman–Crippen MR) is 56.6 cm³/mol. The van der Waals surface area contributed by atoms with Gasteiger partial charge in [-0.2, -0.15) is 0 Å². The lowest BCUT2D eigenvalue weighted by Gasteiger charge is -2.13. The van der Waals surface area contributed by atoms with Crippen LogP contribution >= 0.6 is 0 Å². The summed E-state index contributed by atoms with van der Waals surface area (Å²) < 4.78 is 40.2. The predicted octanol–water partition coefficient (Wildman–Crippen LogP) is 2.59. The van der Waals surface area contributed by atoms with Gasteiger partial charge in [-0.25, -0.2) is 0 Å². The first-order chi connectivity index (χ1) is 7.87. The molecule has 3 nitrogen and oxygen atoms in total. The van der Waals surface area contributed by atoms with E-state index >= 15 is 0 Å². The molecule has 0 spiro atoms. The van der Waals surface area contributed by atoms with Gasteiger partial charge in [0, 0.05) is 7.05 Å². The van der Waals surface area contributed by atoms with Gasteiger partial charge in [0.25, 0.3) is 5.91 Å². The summed E-state index contributed by atoms with van der Waals surface area (Å²) in [6, 6.07) is 3.82. The Kier molecular flexibility index (Phi) is 3.77. The second-order valence-corrected chi connectivity index (χ2v) is 3.09. The third-order valence-electron chi connectivity index (χ3n) is 1.94. The molecule has 1 aromatic rings. The Morgan fingerprint density at radius 3 is 2.59 bits per heavy atom. The highest BCUT2D eigenvalue weighted by Gasteiger charge is 2.32. The summed E-state index contributed by atoms with van der Waals surface area (Å²) in [5, 5.41) is 2.23. The monoisotopic (exact) mass is 245 g/mol. The SMILES string of the molecule is C=Cc1ccc(C(=O)NC)c(OC(F)(F)F)c1. The molecule has 0 heterocycles. The van der Waals surface area contributed by atoms with Crippen molar-refractivity contribution < 1.29 is 22.7 Å². The van der Waals surface area contributed by atoms with Crippen LogP contribution in [0.15, 0.2) is 24.8 Å². The second-order valence-electron chi connectivity index (χ2n) is 3.09. The Labute approximate surface area is 95.9 Å². The lowest BCUT2D eigenvalue weighted by molar-refractivity contribution is -0.274. The molecule has 1 N–H and O–H groups in total. The zero-order chi connectivity index (χ0) is 13.1. The molecule has 17 heavy (non-hydrogen) atoms. The third kappa shape index (κ3) is 3.51. The number of hydrogen-bond acceptors (Lipinski definition) is 2. The Morgan fingerprint density at radius 1 is 1.47 bits per heavy atom. The molecule has 1 aromatic carbocycles. The topological polar surface area (TPSA) is 38.3 Å². The molecule has 0 saturated heterocycles. The molecule has 92 valence electrons. The molecule has 0 fully saturated rings. The van der Waals surface area contributed by atoms with Crippen molar-refractivity contribution in [3.63, 3.8) is 0 Å². The average Bonchev–Trinajstić information content (AvgIpc) is 2.25. The maximum atomic E-state index is 12.1. The van der Waals surface area contributed by atoms with E-state index in [1.807, 2.05) is 0 Å². The first-order valence-electron chi connectivity index (χ1n) is 4.61. The molecular formula is C11H10F3NO2. The van der Waals surface area contributed by atoms with Gasteiger partial charge in [0.15, 0.2) is 0 Å². The molecule has 0 aliphatic heterocycles. The van der Waals surface area contributed by atoms with Crippen LogP contribution in [-0.4, -0.2) is 19.3 Å². The number of amides is 1. The van der Waals surface area contributed by atoms with Crippen molar-refractivity contribution in [2.24, 2.45) is 0 Å². The van der Waals surface area contributed by atoms with Gasteiger partial charge in [-0.1, -0.05) is 18.7 Å². The quantitative estimate of drug-likeness (QED) is 0.888. The molecule has 0 radical (unpaired) electrons. The third-order valence-corrected chi connectivity index (χ3v) is 1.94. The number of carbonyl (C=O) groups is 1. The summed E-state index contributed by atoms with van der Waals surface area (Å²) in [7, 11) is 1.32. The van der Waals surface area contributed by atoms with Crippen molar-refractivity contribution >= 4 is 12.0 Å². The van der Waals surface area contributed by atoms with Gasteiger partial charge in [-0.15, -0.1) is 13.2 Å². The second kappa shape index (κ2) is 4.90. The minimum atomic E-state index is -4.84. The molecule has 0 saturated carbocycles. The summed E-state index contributed by atoms with van der Waals surface area (Å²) in [6.45, 7) is 3.43. The van der Waals surface area contributed by atoms with E-state index in [1.165, 1.54) is 25.3 Å². The molecule has 0 aliphatic carbocycles. The Balaban J connectivity index is 3.20. The standard InChI is InChI=1S/C11H10F3NO2/c1-3-7-4-5-8(10(16)15-2)9(6-7)17-11(12,13)14/h3-6H,1H2,2H3,(H,15,16). The van der Waals surface area contributed by atoms with Crippen LogP contribution in [-0.2, 0) is 0 Å². The smallest absolute Gasteiger partial charge is 0.405 e. The first kappa shape index (κ1) is 13.1. The highest BCUT2D eigenvalue weighted by Crippen LogP contribution is 2.27. The van der Waals surface area contributed by atoms with Crippen molar-refractivity contribution in [3.05, 3.63) is 35.9 Å². The van der Waals surface area contributed by atoms with Gasteiger partial charge in [-0.05, 0) is 17.7 Å². The van der Waals surface area contributed by atoms with Crippen LogP contribution in [0.25, 0.3) is 6.08 Å². The van der Waals surface area contributed by atoms with E-state index in [-0.39, 0.29) is 5.56 Å². The number of carbonyl (C=O) groups excluding carboxylic acids is 1. The van der Waals surface area contributed by atoms with Crippen molar-refractivity contribution in [2.45, 2.75) is 6.36 Å². The number of benzene rings is 1. The van der Waals surface area contributed by atoms with Crippen LogP contribution in [0.1, 0.15) is 15.9 Å². The lowest BCUT2D eigenvalue weighted by Crippen LogP contribution is -2.23. The average molecular weight is 245 g/mol. The zero-order valence-electron chi connectivity index (χ0n) is 8.97. The van der Waals surface area contributed by atoms with Crippen LogP contribution in [0, 0.1) is 0 Å². The van der Waals surface area contributed by atoms with Gasteiger partial charge < -0.3 is 10.1 Å². The molecule has 6 heteroatoms. The van der Waals surface area contributed by atoms with Crippen LogP contribution in [0.3, 0.4) is 0 Å². The van der Waals surface area contributed by atoms with Gasteiger partial charge in [0.2, 0.25) is 0 Å². The number of nitrogens with one attached hydrogen (secondary N) is 1. The van der Waals surface area contributed by atoms with E-state index in [4.69, 9.17) is 0 Å². The lowest BCUT2D eigenvalue weighted by atomic mass is 10.1. The van der Waals surface area contributed by atoms with Crippen molar-refractivity contribution in [1.29, 1.82) is 0 Å². The van der Waals surface area contributed by atoms with Gasteiger partial charge in [0.05, 0.1) is 5.56 Å². The van der Waals surface area contributed by atoms with Crippen LogP contribution < -0.4 is 10.1 Å². The molecule has 0 bridgehead atoms. The Hall–Kier alpha value is -1.98. The number of rotatable bonds is 3. The minimum absolute atomic E-state index is 0.185. The van der Waals surface area contributed by atoms with E-state index in [0.717, 1.165) is 6.07 Å². The largest absolute Gasteiger partial charge is 0.573 e. The van der Waals surface area contributed by atoms with Crippen LogP contribution in [0.5, 0.6) is 5.75 Å². The molecule has 0 aromatic heterocycles. The molecule has 1 rings (SSSR count). The maximum Gasteiger partial charge on any atom is 0.573 e. The summed E-state index contributed by atoms with van der Waals surface area (Å²) in [6.07, 6.45) is -3.49. The van der Waals surface area contributed by atoms with E-state index in [1.54, 1.807) is 0 Å². The first-order valence-corrected chi connectivity index (χ1v) is 4.61. The normalized spacial score (nSPS) is 10.8. The van der Waals surface area contributed by atoms with Gasteiger partial charge in [0.1, 0.15) is 5.75 Å². The number of alkyl halides is 3. The Bertz CT molecular complexity index is 441. The molecule has 0 aliphatic rings. The Morgan fingerprint density at radius 2 is 2.12 bits per heavy atom. The number of ether oxygens (including phenoxy) is 1. The zero-order valence-corrected chi connectivity index (χ0v) is 8.97. The molecular weight excluding hydrogens is 235 g/mol. The van der Waals surface area contributed by atoms with Gasteiger partial charge in [-0.3, -0.25) is 4.79 Å². The maximum absolute atomic E-state index is 12.1. The number of halogens is 3. The van der Waals surface area contributed by atoms with Crippen LogP contribution in [0.2, 0.25) is 0 Å². The highest BCUT2D eigenvalue weighted by atomic mass is 19.4. The fourth-order valence-electron chi connectivity index (χ4n) is 1.20.